The van der Waals surface area contributed by atoms with E-state index in [2.05, 4.69) is 35.8 Å². The molecule has 2 N–H and O–H groups in total. The topological polar surface area (TPSA) is 54.1 Å². The molecule has 0 aromatic carbocycles. The molecular formula is C15H33IN4O. The number of guanidine groups is 1. The van der Waals surface area contributed by atoms with Crippen molar-refractivity contribution in [1.82, 2.24) is 9.80 Å². The monoisotopic (exact) mass is 412 g/mol. The minimum Gasteiger partial charge on any atom is -0.377 e. The number of hydrogen-bond acceptors (Lipinski definition) is 3. The number of rotatable bonds is 7. The fourth-order valence-corrected chi connectivity index (χ4v) is 2.56. The van der Waals surface area contributed by atoms with Gasteiger partial charge >= 0.3 is 0 Å². The molecule has 1 aliphatic heterocycles. The molecule has 5 nitrogen and oxygen atoms in total. The average Bonchev–Trinajstić information content (AvgIpc) is 2.41. The third-order valence-corrected chi connectivity index (χ3v) is 3.74. The van der Waals surface area contributed by atoms with Crippen molar-refractivity contribution in [2.45, 2.75) is 39.2 Å². The normalized spacial score (nSPS) is 21.3. The van der Waals surface area contributed by atoms with Crippen LogP contribution in [0.15, 0.2) is 4.99 Å². The maximum absolute atomic E-state index is 6.12. The highest BCUT2D eigenvalue weighted by Crippen LogP contribution is 2.15. The van der Waals surface area contributed by atoms with Gasteiger partial charge in [0, 0.05) is 26.2 Å². The number of aliphatic imine (C=N–C) groups is 1. The van der Waals surface area contributed by atoms with E-state index >= 15 is 0 Å². The number of ether oxygens (including phenoxy) is 1. The zero-order valence-corrected chi connectivity index (χ0v) is 16.4. The molecule has 1 aliphatic rings. The van der Waals surface area contributed by atoms with Crippen molar-refractivity contribution in [3.8, 4) is 0 Å². The van der Waals surface area contributed by atoms with Crippen LogP contribution in [0.4, 0.5) is 0 Å². The highest BCUT2D eigenvalue weighted by molar-refractivity contribution is 14.0. The van der Waals surface area contributed by atoms with Gasteiger partial charge in [0.05, 0.1) is 12.6 Å². The zero-order chi connectivity index (χ0) is 15.0. The first kappa shape index (κ1) is 20.9. The van der Waals surface area contributed by atoms with Gasteiger partial charge in [0.15, 0.2) is 5.96 Å². The van der Waals surface area contributed by atoms with Gasteiger partial charge in [0.2, 0.25) is 0 Å². The van der Waals surface area contributed by atoms with E-state index < -0.39 is 0 Å². The lowest BCUT2D eigenvalue weighted by Crippen LogP contribution is -2.44. The van der Waals surface area contributed by atoms with Crippen molar-refractivity contribution < 1.29 is 4.74 Å². The van der Waals surface area contributed by atoms with Gasteiger partial charge in [-0.15, -0.1) is 24.0 Å². The summed E-state index contributed by atoms with van der Waals surface area (Å²) in [5.74, 6) is 1.40. The Balaban J connectivity index is 0.00000400. The van der Waals surface area contributed by atoms with E-state index in [1.54, 1.807) is 0 Å². The largest absolute Gasteiger partial charge is 0.377 e. The summed E-state index contributed by atoms with van der Waals surface area (Å²) in [5.41, 5.74) is 6.12. The summed E-state index contributed by atoms with van der Waals surface area (Å²) in [4.78, 5) is 8.94. The molecule has 0 aromatic rings. The predicted octanol–water partition coefficient (Wildman–Crippen LogP) is 2.01. The molecule has 0 aromatic heterocycles. The molecule has 0 saturated carbocycles. The molecule has 2 unspecified atom stereocenters. The number of nitrogens with two attached hydrogens (primary N) is 1. The van der Waals surface area contributed by atoms with Crippen LogP contribution in [0, 0.1) is 5.92 Å². The molecule has 1 rings (SSSR count). The van der Waals surface area contributed by atoms with Gasteiger partial charge in [0.1, 0.15) is 0 Å². The summed E-state index contributed by atoms with van der Waals surface area (Å²) < 4.78 is 5.74. The van der Waals surface area contributed by atoms with Gasteiger partial charge in [-0.25, -0.2) is 0 Å². The summed E-state index contributed by atoms with van der Waals surface area (Å²) in [6.07, 6.45) is 3.68. The van der Waals surface area contributed by atoms with E-state index in [9.17, 15) is 0 Å². The first-order valence-electron chi connectivity index (χ1n) is 7.84. The Labute approximate surface area is 147 Å². The van der Waals surface area contributed by atoms with Crippen LogP contribution in [0.5, 0.6) is 0 Å². The quantitative estimate of drug-likeness (QED) is 0.395. The molecule has 6 heteroatoms. The highest BCUT2D eigenvalue weighted by Gasteiger charge is 2.18. The third kappa shape index (κ3) is 8.83. The van der Waals surface area contributed by atoms with Crippen LogP contribution < -0.4 is 5.73 Å². The Hall–Kier alpha value is -0.0800. The highest BCUT2D eigenvalue weighted by atomic mass is 127. The van der Waals surface area contributed by atoms with Crippen LogP contribution in [-0.2, 0) is 4.74 Å². The molecule has 0 amide bonds. The number of piperidine rings is 1. The standard InChI is InChI=1S/C15H32N4O.HI/c1-5-20-14(8-10-18(3)4)11-17-15(16)19-9-6-7-13(2)12-19;/h13-14H,5-12H2,1-4H3,(H2,16,17);1H. The van der Waals surface area contributed by atoms with Crippen LogP contribution in [0.1, 0.15) is 33.1 Å². The number of nitrogens with zero attached hydrogens (tertiary/aromatic N) is 3. The van der Waals surface area contributed by atoms with Gasteiger partial charge < -0.3 is 20.3 Å². The maximum Gasteiger partial charge on any atom is 0.191 e. The summed E-state index contributed by atoms with van der Waals surface area (Å²) in [6.45, 7) is 8.79. The number of hydrogen-bond donors (Lipinski definition) is 1. The zero-order valence-electron chi connectivity index (χ0n) is 14.0. The fourth-order valence-electron chi connectivity index (χ4n) is 2.56. The Morgan fingerprint density at radius 1 is 1.48 bits per heavy atom. The summed E-state index contributed by atoms with van der Waals surface area (Å²) in [5, 5.41) is 0. The molecule has 0 aliphatic carbocycles. The van der Waals surface area contributed by atoms with Crippen molar-refractivity contribution in [2.24, 2.45) is 16.6 Å². The SMILES string of the molecule is CCOC(CCN(C)C)CN=C(N)N1CCCC(C)C1.I. The van der Waals surface area contributed by atoms with Crippen LogP contribution >= 0.6 is 24.0 Å². The van der Waals surface area contributed by atoms with Crippen LogP contribution in [0.3, 0.4) is 0 Å². The second-order valence-electron chi connectivity index (χ2n) is 6.06. The minimum absolute atomic E-state index is 0. The van der Waals surface area contributed by atoms with Crippen molar-refractivity contribution >= 4 is 29.9 Å². The van der Waals surface area contributed by atoms with Crippen molar-refractivity contribution in [3.63, 3.8) is 0 Å². The smallest absolute Gasteiger partial charge is 0.191 e. The average molecular weight is 412 g/mol. The van der Waals surface area contributed by atoms with Crippen molar-refractivity contribution in [1.29, 1.82) is 0 Å². The van der Waals surface area contributed by atoms with Gasteiger partial charge in [0.25, 0.3) is 0 Å². The third-order valence-electron chi connectivity index (χ3n) is 3.74. The molecule has 2 atom stereocenters. The molecule has 21 heavy (non-hydrogen) atoms. The molecule has 0 bridgehead atoms. The van der Waals surface area contributed by atoms with Gasteiger partial charge in [-0.05, 0) is 46.2 Å². The van der Waals surface area contributed by atoms with Crippen LogP contribution in [0.2, 0.25) is 0 Å². The Kier molecular flexibility index (Phi) is 11.4. The van der Waals surface area contributed by atoms with Crippen molar-refractivity contribution in [2.75, 3.05) is 46.9 Å². The molecule has 1 saturated heterocycles. The van der Waals surface area contributed by atoms with Crippen molar-refractivity contribution in [3.05, 3.63) is 0 Å². The first-order chi connectivity index (χ1) is 9.52. The number of halogens is 1. The van der Waals surface area contributed by atoms with E-state index in [-0.39, 0.29) is 30.1 Å². The second-order valence-corrected chi connectivity index (χ2v) is 6.06. The molecule has 1 heterocycles. The Morgan fingerprint density at radius 2 is 2.19 bits per heavy atom. The molecule has 1 fully saturated rings. The Bertz CT molecular complexity index is 299. The summed E-state index contributed by atoms with van der Waals surface area (Å²) >= 11 is 0. The first-order valence-corrected chi connectivity index (χ1v) is 7.84. The Morgan fingerprint density at radius 3 is 2.76 bits per heavy atom. The fraction of sp³-hybridized carbons (Fsp3) is 0.933. The van der Waals surface area contributed by atoms with Crippen LogP contribution in [0.25, 0.3) is 0 Å². The van der Waals surface area contributed by atoms with Gasteiger partial charge in [-0.3, -0.25) is 4.99 Å². The van der Waals surface area contributed by atoms with E-state index in [1.165, 1.54) is 12.8 Å². The lowest BCUT2D eigenvalue weighted by molar-refractivity contribution is 0.0580. The van der Waals surface area contributed by atoms with E-state index in [0.29, 0.717) is 18.4 Å². The van der Waals surface area contributed by atoms with Crippen LogP contribution in [-0.4, -0.2) is 68.7 Å². The molecule has 0 spiro atoms. The second kappa shape index (κ2) is 11.5. The summed E-state index contributed by atoms with van der Waals surface area (Å²) in [7, 11) is 4.16. The van der Waals surface area contributed by atoms with Gasteiger partial charge in [-0.2, -0.15) is 0 Å². The van der Waals surface area contributed by atoms with E-state index in [1.807, 2.05) is 6.92 Å². The van der Waals surface area contributed by atoms with E-state index in [0.717, 1.165) is 32.7 Å². The molecule has 126 valence electrons. The van der Waals surface area contributed by atoms with E-state index in [4.69, 9.17) is 10.5 Å². The predicted molar refractivity (Wildman–Crippen MR) is 100 cm³/mol. The molecular weight excluding hydrogens is 379 g/mol. The number of likely N-dealkylation sites (tertiary alicyclic amines) is 1. The lowest BCUT2D eigenvalue weighted by atomic mass is 10.0. The lowest BCUT2D eigenvalue weighted by Gasteiger charge is -2.31. The van der Waals surface area contributed by atoms with Gasteiger partial charge in [-0.1, -0.05) is 6.92 Å². The minimum atomic E-state index is 0. The maximum atomic E-state index is 6.12. The summed E-state index contributed by atoms with van der Waals surface area (Å²) in [6, 6.07) is 0. The molecule has 0 radical (unpaired) electrons.